The van der Waals surface area contributed by atoms with Crippen molar-refractivity contribution >= 4 is 39.0 Å². The van der Waals surface area contributed by atoms with Crippen LogP contribution in [0.15, 0.2) is 17.0 Å². The molecule has 0 spiro atoms. The van der Waals surface area contributed by atoms with Crippen molar-refractivity contribution in [1.29, 1.82) is 0 Å². The van der Waals surface area contributed by atoms with Gasteiger partial charge < -0.3 is 19.5 Å². The molecule has 0 unspecified atom stereocenters. The minimum absolute atomic E-state index is 0.0164. The van der Waals surface area contributed by atoms with Crippen molar-refractivity contribution < 1.29 is 27.4 Å². The fraction of sp³-hybridized carbons (Fsp3) is 0.562. The smallest absolute Gasteiger partial charge is 0.332 e. The molecule has 26 heavy (non-hydrogen) atoms. The van der Waals surface area contributed by atoms with Gasteiger partial charge in [-0.1, -0.05) is 23.2 Å². The minimum atomic E-state index is -3.75. The second-order valence-electron chi connectivity index (χ2n) is 6.32. The molecule has 0 bridgehead atoms. The van der Waals surface area contributed by atoms with Gasteiger partial charge >= 0.3 is 5.97 Å². The normalized spacial score (nSPS) is 12.1. The lowest BCUT2D eigenvalue weighted by Crippen LogP contribution is -2.29. The first-order valence-electron chi connectivity index (χ1n) is 7.72. The molecule has 10 heteroatoms. The largest absolute Gasteiger partial charge is 0.495 e. The topological polar surface area (TPSA) is 90.9 Å². The van der Waals surface area contributed by atoms with Gasteiger partial charge in [0.05, 0.1) is 18.7 Å². The Morgan fingerprint density at radius 2 is 1.88 bits per heavy atom. The van der Waals surface area contributed by atoms with Crippen LogP contribution < -0.4 is 10.1 Å². The fourth-order valence-electron chi connectivity index (χ4n) is 1.94. The second kappa shape index (κ2) is 9.75. The first kappa shape index (κ1) is 23.0. The quantitative estimate of drug-likeness (QED) is 0.478. The number of hydrogen-bond acceptors (Lipinski definition) is 7. The number of hydrogen-bond donors (Lipinski definition) is 1. The van der Waals surface area contributed by atoms with Crippen molar-refractivity contribution in [3.63, 3.8) is 0 Å². The van der Waals surface area contributed by atoms with E-state index in [4.69, 9.17) is 37.4 Å². The molecule has 0 radical (unpaired) electrons. The molecular formula is C16H23Cl2NO6S. The van der Waals surface area contributed by atoms with Crippen LogP contribution in [0.3, 0.4) is 0 Å². The molecule has 0 saturated heterocycles. The van der Waals surface area contributed by atoms with Gasteiger partial charge in [0.15, 0.2) is 9.84 Å². The lowest BCUT2D eigenvalue weighted by Gasteiger charge is -2.19. The third-order valence-corrected chi connectivity index (χ3v) is 5.12. The number of carbonyl (C=O) groups excluding carboxylic acids is 1. The Kier molecular flexibility index (Phi) is 8.62. The number of esters is 1. The summed E-state index contributed by atoms with van der Waals surface area (Å²) in [4.78, 5) is 11.3. The van der Waals surface area contributed by atoms with Gasteiger partial charge in [-0.3, -0.25) is 0 Å². The Labute approximate surface area is 163 Å². The van der Waals surface area contributed by atoms with Crippen LogP contribution in [-0.2, 0) is 24.1 Å². The first-order valence-corrected chi connectivity index (χ1v) is 10.1. The van der Waals surface area contributed by atoms with E-state index in [1.165, 1.54) is 19.2 Å². The van der Waals surface area contributed by atoms with Crippen LogP contribution in [0.4, 0.5) is 0 Å². The summed E-state index contributed by atoms with van der Waals surface area (Å²) in [5.74, 6) is -0.783. The summed E-state index contributed by atoms with van der Waals surface area (Å²) in [5.41, 5.74) is -0.580. The molecular weight excluding hydrogens is 405 g/mol. The molecule has 1 rings (SSSR count). The Balaban J connectivity index is 2.50. The highest BCUT2D eigenvalue weighted by Crippen LogP contribution is 2.34. The Morgan fingerprint density at radius 3 is 2.46 bits per heavy atom. The van der Waals surface area contributed by atoms with Crippen LogP contribution in [0.1, 0.15) is 20.8 Å². The number of ether oxygens (including phenoxy) is 3. The van der Waals surface area contributed by atoms with Crippen LogP contribution >= 0.6 is 23.2 Å². The molecule has 0 saturated carbocycles. The van der Waals surface area contributed by atoms with E-state index in [9.17, 15) is 13.2 Å². The Bertz CT molecular complexity index is 731. The highest BCUT2D eigenvalue weighted by molar-refractivity contribution is 7.91. The summed E-state index contributed by atoms with van der Waals surface area (Å²) in [5, 5.41) is 2.98. The number of carbonyl (C=O) groups is 1. The van der Waals surface area contributed by atoms with Gasteiger partial charge in [-0.15, -0.1) is 0 Å². The molecule has 0 aliphatic carbocycles. The van der Waals surface area contributed by atoms with Crippen molar-refractivity contribution in [2.75, 3.05) is 32.7 Å². The molecule has 1 N–H and O–H groups in total. The number of benzene rings is 1. The third kappa shape index (κ3) is 7.67. The van der Waals surface area contributed by atoms with Crippen LogP contribution in [0, 0.1) is 0 Å². The lowest BCUT2D eigenvalue weighted by atomic mass is 10.2. The number of methoxy groups -OCH3 is 1. The highest BCUT2D eigenvalue weighted by Gasteiger charge is 2.24. The van der Waals surface area contributed by atoms with E-state index >= 15 is 0 Å². The van der Waals surface area contributed by atoms with Crippen molar-refractivity contribution in [3.05, 3.63) is 22.2 Å². The molecule has 0 aliphatic rings. The molecule has 148 valence electrons. The van der Waals surface area contributed by atoms with Gasteiger partial charge in [0.2, 0.25) is 0 Å². The van der Waals surface area contributed by atoms with Crippen molar-refractivity contribution in [3.8, 4) is 5.75 Å². The fourth-order valence-corrected chi connectivity index (χ4v) is 4.13. The van der Waals surface area contributed by atoms with Crippen LogP contribution in [0.5, 0.6) is 5.75 Å². The molecule has 0 aromatic heterocycles. The Morgan fingerprint density at radius 1 is 1.23 bits per heavy atom. The Hall–Kier alpha value is -1.06. The molecule has 0 amide bonds. The number of rotatable bonds is 9. The van der Waals surface area contributed by atoms with Crippen LogP contribution in [0.25, 0.3) is 0 Å². The summed E-state index contributed by atoms with van der Waals surface area (Å²) in [6.07, 6.45) is 0. The molecule has 0 heterocycles. The predicted molar refractivity (Wildman–Crippen MR) is 99.7 cm³/mol. The van der Waals surface area contributed by atoms with E-state index in [2.05, 4.69) is 5.32 Å². The van der Waals surface area contributed by atoms with E-state index < -0.39 is 21.4 Å². The predicted octanol–water partition coefficient (Wildman–Crippen LogP) is 2.68. The zero-order chi connectivity index (χ0) is 20.0. The van der Waals surface area contributed by atoms with E-state index in [0.29, 0.717) is 0 Å². The first-order chi connectivity index (χ1) is 12.0. The third-order valence-electron chi connectivity index (χ3n) is 2.86. The zero-order valence-electron chi connectivity index (χ0n) is 15.1. The average Bonchev–Trinajstić information content (AvgIpc) is 2.47. The molecule has 7 nitrogen and oxygen atoms in total. The minimum Gasteiger partial charge on any atom is -0.495 e. The lowest BCUT2D eigenvalue weighted by molar-refractivity contribution is -0.160. The van der Waals surface area contributed by atoms with Crippen molar-refractivity contribution in [2.24, 2.45) is 0 Å². The maximum Gasteiger partial charge on any atom is 0.332 e. The summed E-state index contributed by atoms with van der Waals surface area (Å²) < 4.78 is 40.2. The van der Waals surface area contributed by atoms with Gasteiger partial charge in [-0.2, -0.15) is 0 Å². The van der Waals surface area contributed by atoms with Crippen molar-refractivity contribution in [1.82, 2.24) is 5.32 Å². The molecule has 1 aromatic carbocycles. The molecule has 1 aromatic rings. The van der Waals surface area contributed by atoms with Crippen molar-refractivity contribution in [2.45, 2.75) is 31.3 Å². The average molecular weight is 428 g/mol. The van der Waals surface area contributed by atoms with Gasteiger partial charge in [0.25, 0.3) is 0 Å². The second-order valence-corrected chi connectivity index (χ2v) is 9.09. The summed E-state index contributed by atoms with van der Waals surface area (Å²) in [6.45, 7) is 5.42. The summed E-state index contributed by atoms with van der Waals surface area (Å²) >= 11 is 11.8. The van der Waals surface area contributed by atoms with E-state index in [-0.39, 0.29) is 46.3 Å². The van der Waals surface area contributed by atoms with Gasteiger partial charge in [0, 0.05) is 17.6 Å². The van der Waals surface area contributed by atoms with Crippen LogP contribution in [-0.4, -0.2) is 52.7 Å². The summed E-state index contributed by atoms with van der Waals surface area (Å²) in [6, 6.07) is 2.72. The highest BCUT2D eigenvalue weighted by atomic mass is 35.5. The van der Waals surface area contributed by atoms with Gasteiger partial charge in [-0.25, -0.2) is 13.2 Å². The number of sulfone groups is 1. The number of nitrogens with one attached hydrogen (secondary N) is 1. The van der Waals surface area contributed by atoms with Gasteiger partial charge in [0.1, 0.15) is 28.7 Å². The number of halogens is 2. The van der Waals surface area contributed by atoms with E-state index in [1.807, 2.05) is 0 Å². The SMILES string of the molecule is COc1cc(Cl)cc(Cl)c1S(=O)(=O)CNCCOCC(=O)OC(C)(C)C. The molecule has 0 fully saturated rings. The monoisotopic (exact) mass is 427 g/mol. The maximum atomic E-state index is 12.5. The van der Waals surface area contributed by atoms with Gasteiger partial charge in [-0.05, 0) is 26.8 Å². The zero-order valence-corrected chi connectivity index (χ0v) is 17.4. The maximum absolute atomic E-state index is 12.5. The summed E-state index contributed by atoms with van der Waals surface area (Å²) in [7, 11) is -2.42. The standard InChI is InChI=1S/C16H23Cl2NO6S/c1-16(2,3)25-14(20)9-24-6-5-19-10-26(21,22)15-12(18)7-11(17)8-13(15)23-4/h7-8,19H,5-6,9-10H2,1-4H3. The molecule has 0 atom stereocenters. The van der Waals surface area contributed by atoms with E-state index in [1.54, 1.807) is 20.8 Å². The van der Waals surface area contributed by atoms with E-state index in [0.717, 1.165) is 0 Å². The van der Waals surface area contributed by atoms with Crippen LogP contribution in [0.2, 0.25) is 10.0 Å². The molecule has 0 aliphatic heterocycles.